The Balaban J connectivity index is 1.08. The second-order valence-electron chi connectivity index (χ2n) is 13.5. The average molecular weight is 709 g/mol. The van der Waals surface area contributed by atoms with Gasteiger partial charge in [0.05, 0.1) is 0 Å². The van der Waals surface area contributed by atoms with Gasteiger partial charge >= 0.3 is 0 Å². The maximum Gasteiger partial charge on any atom is 0.227 e. The summed E-state index contributed by atoms with van der Waals surface area (Å²) in [6, 6.07) is 59.0. The Bertz CT molecular complexity index is 3220. The molecule has 3 aromatic heterocycles. The molecule has 0 atom stereocenters. The number of nitrogens with zero attached hydrogens (tertiary/aromatic N) is 4. The van der Waals surface area contributed by atoms with Crippen LogP contribution in [0.25, 0.3) is 110 Å². The SMILES string of the molecule is c1ccc(-c2nc3cc4sc5cc(-c6nc(-c7ccc8ccccc8c7)nc(-c7cc(-c8ccccc8)c8ccccc8c7)n6)ccc5c4cc3o2)cc1. The number of oxazole rings is 1. The van der Waals surface area contributed by atoms with Gasteiger partial charge in [0.1, 0.15) is 5.52 Å². The maximum absolute atomic E-state index is 6.24. The molecule has 11 rings (SSSR count). The van der Waals surface area contributed by atoms with Gasteiger partial charge < -0.3 is 4.42 Å². The number of fused-ring (bicyclic) bond motifs is 6. The molecule has 0 saturated heterocycles. The van der Waals surface area contributed by atoms with Crippen LogP contribution in [0, 0.1) is 0 Å². The topological polar surface area (TPSA) is 64.7 Å². The van der Waals surface area contributed by atoms with Crippen LogP contribution in [-0.4, -0.2) is 19.9 Å². The van der Waals surface area contributed by atoms with Crippen LogP contribution in [0.5, 0.6) is 0 Å². The van der Waals surface area contributed by atoms with Crippen molar-refractivity contribution >= 4 is 64.2 Å². The van der Waals surface area contributed by atoms with Gasteiger partial charge in [-0.3, -0.25) is 0 Å². The van der Waals surface area contributed by atoms with Gasteiger partial charge in [-0.15, -0.1) is 11.3 Å². The summed E-state index contributed by atoms with van der Waals surface area (Å²) in [5, 5.41) is 6.92. The van der Waals surface area contributed by atoms with Crippen LogP contribution < -0.4 is 0 Å². The summed E-state index contributed by atoms with van der Waals surface area (Å²) in [7, 11) is 0. The molecule has 0 unspecified atom stereocenters. The molecule has 0 radical (unpaired) electrons. The molecule has 0 aliphatic rings. The molecule has 0 amide bonds. The molecule has 0 aliphatic heterocycles. The van der Waals surface area contributed by atoms with Gasteiger partial charge in [-0.25, -0.2) is 19.9 Å². The molecule has 5 nitrogen and oxygen atoms in total. The maximum atomic E-state index is 6.24. The molecule has 252 valence electrons. The zero-order valence-corrected chi connectivity index (χ0v) is 29.6. The molecule has 0 bridgehead atoms. The Morgan fingerprint density at radius 3 is 1.78 bits per heavy atom. The molecule has 11 aromatic rings. The summed E-state index contributed by atoms with van der Waals surface area (Å²) in [6.07, 6.45) is 0. The van der Waals surface area contributed by atoms with Crippen LogP contribution in [-0.2, 0) is 0 Å². The van der Waals surface area contributed by atoms with Gasteiger partial charge in [0.2, 0.25) is 5.89 Å². The predicted molar refractivity (Wildman–Crippen MR) is 222 cm³/mol. The van der Waals surface area contributed by atoms with Gasteiger partial charge in [0.25, 0.3) is 0 Å². The number of aromatic nitrogens is 4. The lowest BCUT2D eigenvalue weighted by molar-refractivity contribution is 0.620. The summed E-state index contributed by atoms with van der Waals surface area (Å²) in [6.45, 7) is 0. The normalized spacial score (nSPS) is 11.7. The quantitative estimate of drug-likeness (QED) is 0.178. The molecule has 8 aromatic carbocycles. The van der Waals surface area contributed by atoms with Gasteiger partial charge in [0, 0.05) is 42.4 Å². The Morgan fingerprint density at radius 2 is 0.981 bits per heavy atom. The van der Waals surface area contributed by atoms with Crippen molar-refractivity contribution in [3.8, 4) is 56.7 Å². The number of rotatable bonds is 5. The highest BCUT2D eigenvalue weighted by Crippen LogP contribution is 2.40. The lowest BCUT2D eigenvalue weighted by atomic mass is 9.95. The van der Waals surface area contributed by atoms with Crippen LogP contribution in [0.4, 0.5) is 0 Å². The number of thiophene rings is 1. The average Bonchev–Trinajstić information content (AvgIpc) is 3.82. The minimum Gasteiger partial charge on any atom is -0.436 e. The predicted octanol–water partition coefficient (Wildman–Crippen LogP) is 13.0. The fourth-order valence-corrected chi connectivity index (χ4v) is 8.59. The molecular formula is C48H28N4OS. The van der Waals surface area contributed by atoms with Crippen molar-refractivity contribution in [3.05, 3.63) is 170 Å². The van der Waals surface area contributed by atoms with E-state index < -0.39 is 0 Å². The van der Waals surface area contributed by atoms with Crippen LogP contribution in [0.15, 0.2) is 174 Å². The van der Waals surface area contributed by atoms with E-state index >= 15 is 0 Å². The van der Waals surface area contributed by atoms with E-state index in [0.29, 0.717) is 23.4 Å². The summed E-state index contributed by atoms with van der Waals surface area (Å²) < 4.78 is 8.54. The Morgan fingerprint density at radius 1 is 0.370 bits per heavy atom. The lowest BCUT2D eigenvalue weighted by Gasteiger charge is -2.12. The third-order valence-electron chi connectivity index (χ3n) is 10.1. The monoisotopic (exact) mass is 708 g/mol. The van der Waals surface area contributed by atoms with E-state index in [-0.39, 0.29) is 0 Å². The van der Waals surface area contributed by atoms with Crippen LogP contribution in [0.2, 0.25) is 0 Å². The van der Waals surface area contributed by atoms with E-state index in [0.717, 1.165) is 75.4 Å². The van der Waals surface area contributed by atoms with E-state index in [9.17, 15) is 0 Å². The van der Waals surface area contributed by atoms with Crippen molar-refractivity contribution in [2.24, 2.45) is 0 Å². The highest BCUT2D eigenvalue weighted by molar-refractivity contribution is 7.25. The highest BCUT2D eigenvalue weighted by atomic mass is 32.1. The first kappa shape index (κ1) is 30.6. The zero-order chi connectivity index (χ0) is 35.6. The molecule has 0 spiro atoms. The summed E-state index contributed by atoms with van der Waals surface area (Å²) in [5.74, 6) is 2.51. The standard InChI is InChI=1S/C48H28N4OS/c1-3-12-30(13-4-1)39-25-36(24-33-17-9-10-18-37(33)39)47-51-45(34-20-19-29-11-7-8-16-32(29)23-34)50-46(52-47)35-21-22-38-40-27-42-41(28-44(40)54-43(38)26-35)49-48(53-42)31-14-5-2-6-15-31/h1-28H. The first-order valence-corrected chi connectivity index (χ1v) is 18.7. The fourth-order valence-electron chi connectivity index (χ4n) is 7.43. The third kappa shape index (κ3) is 5.23. The highest BCUT2D eigenvalue weighted by Gasteiger charge is 2.18. The van der Waals surface area contributed by atoms with Gasteiger partial charge in [0.15, 0.2) is 23.1 Å². The van der Waals surface area contributed by atoms with E-state index in [1.165, 1.54) is 10.8 Å². The van der Waals surface area contributed by atoms with Crippen LogP contribution in [0.1, 0.15) is 0 Å². The van der Waals surface area contributed by atoms with Crippen molar-refractivity contribution < 1.29 is 4.42 Å². The minimum absolute atomic E-state index is 0.625. The second-order valence-corrected chi connectivity index (χ2v) is 14.6. The van der Waals surface area contributed by atoms with Crippen molar-refractivity contribution in [3.63, 3.8) is 0 Å². The van der Waals surface area contributed by atoms with Crippen molar-refractivity contribution in [1.82, 2.24) is 19.9 Å². The number of hydrogen-bond acceptors (Lipinski definition) is 6. The lowest BCUT2D eigenvalue weighted by Crippen LogP contribution is -2.00. The second kappa shape index (κ2) is 12.3. The van der Waals surface area contributed by atoms with Crippen LogP contribution in [0.3, 0.4) is 0 Å². The van der Waals surface area contributed by atoms with E-state index in [2.05, 4.69) is 133 Å². The van der Waals surface area contributed by atoms with E-state index in [1.54, 1.807) is 11.3 Å². The molecule has 3 heterocycles. The van der Waals surface area contributed by atoms with Gasteiger partial charge in [-0.1, -0.05) is 121 Å². The zero-order valence-electron chi connectivity index (χ0n) is 28.8. The molecule has 6 heteroatoms. The number of hydrogen-bond donors (Lipinski definition) is 0. The van der Waals surface area contributed by atoms with Crippen molar-refractivity contribution in [2.45, 2.75) is 0 Å². The third-order valence-corrected chi connectivity index (χ3v) is 11.2. The Kier molecular flexibility index (Phi) is 6.97. The summed E-state index contributed by atoms with van der Waals surface area (Å²) in [4.78, 5) is 20.3. The summed E-state index contributed by atoms with van der Waals surface area (Å²) >= 11 is 1.74. The minimum atomic E-state index is 0.625. The molecule has 0 saturated carbocycles. The molecule has 54 heavy (non-hydrogen) atoms. The smallest absolute Gasteiger partial charge is 0.227 e. The Hall–Kier alpha value is -7.02. The van der Waals surface area contributed by atoms with Crippen molar-refractivity contribution in [2.75, 3.05) is 0 Å². The first-order valence-electron chi connectivity index (χ1n) is 17.9. The van der Waals surface area contributed by atoms with Gasteiger partial charge in [-0.2, -0.15) is 0 Å². The molecule has 0 aliphatic carbocycles. The summed E-state index contributed by atoms with van der Waals surface area (Å²) in [5.41, 5.74) is 7.68. The molecule has 0 N–H and O–H groups in total. The van der Waals surface area contributed by atoms with E-state index in [1.807, 2.05) is 36.4 Å². The van der Waals surface area contributed by atoms with Crippen LogP contribution >= 0.6 is 11.3 Å². The van der Waals surface area contributed by atoms with Gasteiger partial charge in [-0.05, 0) is 81.2 Å². The van der Waals surface area contributed by atoms with Crippen molar-refractivity contribution in [1.29, 1.82) is 0 Å². The number of benzene rings is 8. The largest absolute Gasteiger partial charge is 0.436 e. The molecular weight excluding hydrogens is 681 g/mol. The van der Waals surface area contributed by atoms with E-state index in [4.69, 9.17) is 24.4 Å². The molecule has 0 fully saturated rings. The fraction of sp³-hybridized carbons (Fsp3) is 0. The first-order chi connectivity index (χ1) is 26.7. The Labute approximate surface area is 313 Å².